The van der Waals surface area contributed by atoms with Crippen LogP contribution in [0.1, 0.15) is 51.0 Å². The summed E-state index contributed by atoms with van der Waals surface area (Å²) >= 11 is 0. The molecule has 1 fully saturated rings. The Bertz CT molecular complexity index is 483. The summed E-state index contributed by atoms with van der Waals surface area (Å²) in [5.74, 6) is 0.0577. The lowest BCUT2D eigenvalue weighted by Crippen LogP contribution is -2.33. The molecule has 4 heteroatoms. The van der Waals surface area contributed by atoms with E-state index in [0.29, 0.717) is 12.6 Å². The number of hydrogen-bond donors (Lipinski definition) is 2. The number of carbonyl (C=O) groups excluding carboxylic acids is 1. The van der Waals surface area contributed by atoms with Gasteiger partial charge in [0, 0.05) is 24.8 Å². The van der Waals surface area contributed by atoms with Crippen molar-refractivity contribution in [3.8, 4) is 0 Å². The number of carbonyl (C=O) groups is 1. The van der Waals surface area contributed by atoms with Gasteiger partial charge in [0.15, 0.2) is 0 Å². The van der Waals surface area contributed by atoms with Crippen LogP contribution in [0.4, 0.5) is 5.69 Å². The highest BCUT2D eigenvalue weighted by Crippen LogP contribution is 2.24. The van der Waals surface area contributed by atoms with E-state index in [0.717, 1.165) is 25.2 Å². The van der Waals surface area contributed by atoms with Crippen molar-refractivity contribution >= 4 is 11.6 Å². The molecule has 1 aromatic rings. The Balaban J connectivity index is 1.90. The molecule has 2 N–H and O–H groups in total. The largest absolute Gasteiger partial charge is 0.376 e. The van der Waals surface area contributed by atoms with E-state index in [2.05, 4.69) is 47.7 Å². The SMILES string of the molecule is CCCNC(=O)CNc1ccccc1CN(C)C1CCCCC1. The van der Waals surface area contributed by atoms with E-state index >= 15 is 0 Å². The third-order valence-corrected chi connectivity index (χ3v) is 4.65. The Kier molecular flexibility index (Phi) is 7.40. The third-order valence-electron chi connectivity index (χ3n) is 4.65. The molecule has 0 bridgehead atoms. The van der Waals surface area contributed by atoms with E-state index in [1.807, 2.05) is 6.07 Å². The predicted molar refractivity (Wildman–Crippen MR) is 96.6 cm³/mol. The molecule has 4 nitrogen and oxygen atoms in total. The van der Waals surface area contributed by atoms with Gasteiger partial charge in [0.05, 0.1) is 6.54 Å². The van der Waals surface area contributed by atoms with Crippen molar-refractivity contribution in [3.05, 3.63) is 29.8 Å². The molecule has 0 heterocycles. The number of nitrogens with one attached hydrogen (secondary N) is 2. The first-order chi connectivity index (χ1) is 11.2. The van der Waals surface area contributed by atoms with E-state index in [1.165, 1.54) is 37.7 Å². The Morgan fingerprint density at radius 3 is 2.70 bits per heavy atom. The minimum absolute atomic E-state index is 0.0577. The zero-order chi connectivity index (χ0) is 16.5. The average molecular weight is 317 g/mol. The number of para-hydroxylation sites is 1. The maximum absolute atomic E-state index is 11.8. The fraction of sp³-hybridized carbons (Fsp3) is 0.632. The Morgan fingerprint density at radius 2 is 1.96 bits per heavy atom. The lowest BCUT2D eigenvalue weighted by Gasteiger charge is -2.31. The van der Waals surface area contributed by atoms with Gasteiger partial charge in [0.1, 0.15) is 0 Å². The first-order valence-corrected chi connectivity index (χ1v) is 8.99. The van der Waals surface area contributed by atoms with Crippen molar-refractivity contribution < 1.29 is 4.79 Å². The molecular weight excluding hydrogens is 286 g/mol. The van der Waals surface area contributed by atoms with E-state index in [-0.39, 0.29) is 5.91 Å². The van der Waals surface area contributed by atoms with Crippen LogP contribution in [0.25, 0.3) is 0 Å². The van der Waals surface area contributed by atoms with Crippen LogP contribution in [0, 0.1) is 0 Å². The van der Waals surface area contributed by atoms with Crippen LogP contribution in [0.2, 0.25) is 0 Å². The van der Waals surface area contributed by atoms with Gasteiger partial charge < -0.3 is 10.6 Å². The second-order valence-corrected chi connectivity index (χ2v) is 6.57. The Hall–Kier alpha value is -1.55. The molecule has 1 amide bonds. The van der Waals surface area contributed by atoms with E-state index in [1.54, 1.807) is 0 Å². The standard InChI is InChI=1S/C19H31N3O/c1-3-13-20-19(23)14-21-18-12-8-7-9-16(18)15-22(2)17-10-5-4-6-11-17/h7-9,12,17,21H,3-6,10-11,13-15H2,1-2H3,(H,20,23). The molecule has 0 radical (unpaired) electrons. The summed E-state index contributed by atoms with van der Waals surface area (Å²) in [7, 11) is 2.22. The third kappa shape index (κ3) is 5.87. The van der Waals surface area contributed by atoms with Crippen LogP contribution in [0.15, 0.2) is 24.3 Å². The highest BCUT2D eigenvalue weighted by Gasteiger charge is 2.18. The number of nitrogens with zero attached hydrogens (tertiary/aromatic N) is 1. The zero-order valence-corrected chi connectivity index (χ0v) is 14.6. The van der Waals surface area contributed by atoms with Gasteiger partial charge in [-0.05, 0) is 37.9 Å². The monoisotopic (exact) mass is 317 g/mol. The number of amides is 1. The van der Waals surface area contributed by atoms with Gasteiger partial charge in [-0.3, -0.25) is 9.69 Å². The van der Waals surface area contributed by atoms with Gasteiger partial charge in [-0.2, -0.15) is 0 Å². The van der Waals surface area contributed by atoms with Gasteiger partial charge in [0.25, 0.3) is 0 Å². The average Bonchev–Trinajstić information content (AvgIpc) is 2.60. The van der Waals surface area contributed by atoms with Gasteiger partial charge in [-0.15, -0.1) is 0 Å². The smallest absolute Gasteiger partial charge is 0.239 e. The quantitative estimate of drug-likeness (QED) is 0.772. The second-order valence-electron chi connectivity index (χ2n) is 6.57. The molecule has 1 aliphatic rings. The normalized spacial score (nSPS) is 15.6. The van der Waals surface area contributed by atoms with E-state index in [4.69, 9.17) is 0 Å². The molecule has 0 aliphatic heterocycles. The Morgan fingerprint density at radius 1 is 1.22 bits per heavy atom. The Labute approximate surface area is 140 Å². The van der Waals surface area contributed by atoms with E-state index < -0.39 is 0 Å². The molecule has 0 atom stereocenters. The van der Waals surface area contributed by atoms with Crippen molar-refractivity contribution in [2.24, 2.45) is 0 Å². The first kappa shape index (κ1) is 17.8. The molecule has 0 unspecified atom stereocenters. The number of rotatable bonds is 8. The fourth-order valence-corrected chi connectivity index (χ4v) is 3.25. The van der Waals surface area contributed by atoms with Crippen LogP contribution in [0.5, 0.6) is 0 Å². The second kappa shape index (κ2) is 9.56. The van der Waals surface area contributed by atoms with E-state index in [9.17, 15) is 4.79 Å². The summed E-state index contributed by atoms with van der Waals surface area (Å²) in [4.78, 5) is 14.2. The first-order valence-electron chi connectivity index (χ1n) is 8.99. The molecule has 1 saturated carbocycles. The lowest BCUT2D eigenvalue weighted by atomic mass is 9.94. The summed E-state index contributed by atoms with van der Waals surface area (Å²) in [6, 6.07) is 9.02. The number of hydrogen-bond acceptors (Lipinski definition) is 3. The maximum atomic E-state index is 11.8. The zero-order valence-electron chi connectivity index (χ0n) is 14.6. The van der Waals surface area contributed by atoms with Gasteiger partial charge in [-0.1, -0.05) is 44.4 Å². The summed E-state index contributed by atoms with van der Waals surface area (Å²) in [6.45, 7) is 4.07. The van der Waals surface area contributed by atoms with Crippen LogP contribution in [0.3, 0.4) is 0 Å². The topological polar surface area (TPSA) is 44.4 Å². The summed E-state index contributed by atoms with van der Waals surface area (Å²) in [6.07, 6.45) is 7.68. The van der Waals surface area contributed by atoms with Crippen LogP contribution < -0.4 is 10.6 Å². The van der Waals surface area contributed by atoms with Crippen LogP contribution in [-0.4, -0.2) is 37.0 Å². The van der Waals surface area contributed by atoms with Crippen molar-refractivity contribution in [1.29, 1.82) is 0 Å². The van der Waals surface area contributed by atoms with Crippen molar-refractivity contribution in [2.45, 2.75) is 58.0 Å². The van der Waals surface area contributed by atoms with Crippen LogP contribution >= 0.6 is 0 Å². The van der Waals surface area contributed by atoms with Gasteiger partial charge >= 0.3 is 0 Å². The molecule has 1 aromatic carbocycles. The van der Waals surface area contributed by atoms with Crippen molar-refractivity contribution in [3.63, 3.8) is 0 Å². The molecule has 0 spiro atoms. The molecule has 128 valence electrons. The fourth-order valence-electron chi connectivity index (χ4n) is 3.25. The molecule has 23 heavy (non-hydrogen) atoms. The molecular formula is C19H31N3O. The van der Waals surface area contributed by atoms with Crippen molar-refractivity contribution in [1.82, 2.24) is 10.2 Å². The maximum Gasteiger partial charge on any atom is 0.239 e. The van der Waals surface area contributed by atoms with Crippen LogP contribution in [-0.2, 0) is 11.3 Å². The predicted octanol–water partition coefficient (Wildman–Crippen LogP) is 3.39. The number of benzene rings is 1. The van der Waals surface area contributed by atoms with Gasteiger partial charge in [0.2, 0.25) is 5.91 Å². The summed E-state index contributed by atoms with van der Waals surface area (Å²) in [5, 5.41) is 6.19. The minimum Gasteiger partial charge on any atom is -0.376 e. The lowest BCUT2D eigenvalue weighted by molar-refractivity contribution is -0.119. The van der Waals surface area contributed by atoms with Gasteiger partial charge in [-0.25, -0.2) is 0 Å². The van der Waals surface area contributed by atoms with Crippen molar-refractivity contribution in [2.75, 3.05) is 25.5 Å². The highest BCUT2D eigenvalue weighted by molar-refractivity contribution is 5.80. The summed E-state index contributed by atoms with van der Waals surface area (Å²) < 4.78 is 0. The molecule has 1 aliphatic carbocycles. The molecule has 2 rings (SSSR count). The summed E-state index contributed by atoms with van der Waals surface area (Å²) in [5.41, 5.74) is 2.34. The highest BCUT2D eigenvalue weighted by atomic mass is 16.1. The molecule has 0 aromatic heterocycles. The molecule has 0 saturated heterocycles. The minimum atomic E-state index is 0.0577. The number of anilines is 1.